The van der Waals surface area contributed by atoms with Crippen LogP contribution in [0.3, 0.4) is 0 Å². The first-order valence-corrected chi connectivity index (χ1v) is 4.88. The monoisotopic (exact) mass is 204 g/mol. The Morgan fingerprint density at radius 3 is 2.75 bits per heavy atom. The van der Waals surface area contributed by atoms with Crippen LogP contribution < -0.4 is 5.41 Å². The Morgan fingerprint density at radius 1 is 1.58 bits per heavy atom. The normalized spacial score (nSPS) is 9.92. The average Bonchev–Trinajstić information content (AvgIpc) is 2.03. The molecule has 0 aliphatic heterocycles. The van der Waals surface area contributed by atoms with Gasteiger partial charge in [0, 0.05) is 0 Å². The standard InChI is InChI=1S/C8H7ClFNS/c1-12-8(11)7-5(9)3-2-4-6(7)10/h2-4,11H,1H3/p+1. The second-order valence-corrected chi connectivity index (χ2v) is 3.42. The lowest BCUT2D eigenvalue weighted by Crippen LogP contribution is -2.38. The third-order valence-corrected chi connectivity index (χ3v) is 2.39. The van der Waals surface area contributed by atoms with Gasteiger partial charge in [0.05, 0.1) is 5.02 Å². The molecule has 0 fully saturated rings. The molecule has 0 atom stereocenters. The van der Waals surface area contributed by atoms with Gasteiger partial charge in [0.1, 0.15) is 11.4 Å². The second kappa shape index (κ2) is 3.92. The van der Waals surface area contributed by atoms with E-state index in [1.54, 1.807) is 18.4 Å². The molecule has 0 heterocycles. The van der Waals surface area contributed by atoms with Crippen molar-refractivity contribution in [1.82, 2.24) is 0 Å². The van der Waals surface area contributed by atoms with Crippen molar-refractivity contribution in [2.45, 2.75) is 0 Å². The molecular weight excluding hydrogens is 197 g/mol. The molecule has 0 bridgehead atoms. The fourth-order valence-corrected chi connectivity index (χ4v) is 1.57. The van der Waals surface area contributed by atoms with Crippen LogP contribution in [-0.4, -0.2) is 11.3 Å². The molecule has 0 amide bonds. The molecule has 1 nitrogen and oxygen atoms in total. The summed E-state index contributed by atoms with van der Waals surface area (Å²) in [6, 6.07) is 4.50. The van der Waals surface area contributed by atoms with Gasteiger partial charge in [-0.3, -0.25) is 0 Å². The van der Waals surface area contributed by atoms with Crippen molar-refractivity contribution in [1.29, 1.82) is 0 Å². The molecular formula is C8H8ClFNS+. The summed E-state index contributed by atoms with van der Waals surface area (Å²) >= 11 is 7.03. The molecule has 0 unspecified atom stereocenters. The molecule has 0 aromatic heterocycles. The Kier molecular flexibility index (Phi) is 3.12. The van der Waals surface area contributed by atoms with E-state index in [2.05, 4.69) is 0 Å². The zero-order valence-corrected chi connectivity index (χ0v) is 8.05. The van der Waals surface area contributed by atoms with Crippen LogP contribution in [0.25, 0.3) is 0 Å². The average molecular weight is 205 g/mol. The Balaban J connectivity index is 3.21. The van der Waals surface area contributed by atoms with E-state index in [0.717, 1.165) is 0 Å². The summed E-state index contributed by atoms with van der Waals surface area (Å²) in [4.78, 5) is 0. The maximum Gasteiger partial charge on any atom is 0.243 e. The van der Waals surface area contributed by atoms with Crippen molar-refractivity contribution < 1.29 is 9.80 Å². The van der Waals surface area contributed by atoms with Gasteiger partial charge >= 0.3 is 0 Å². The summed E-state index contributed by atoms with van der Waals surface area (Å²) in [5, 5.41) is 6.30. The first-order valence-electron chi connectivity index (χ1n) is 3.27. The van der Waals surface area contributed by atoms with Gasteiger partial charge in [0.25, 0.3) is 0 Å². The van der Waals surface area contributed by atoms with E-state index >= 15 is 0 Å². The summed E-state index contributed by atoms with van der Waals surface area (Å²) in [5.74, 6) is -0.380. The quantitative estimate of drug-likeness (QED) is 0.542. The van der Waals surface area contributed by atoms with Gasteiger partial charge < -0.3 is 0 Å². The first-order chi connectivity index (χ1) is 5.66. The summed E-state index contributed by atoms with van der Waals surface area (Å²) in [7, 11) is 0. The number of hydrogen-bond acceptors (Lipinski definition) is 1. The van der Waals surface area contributed by atoms with Crippen LogP contribution in [0, 0.1) is 5.82 Å². The third kappa shape index (κ3) is 1.79. The van der Waals surface area contributed by atoms with E-state index in [0.29, 0.717) is 15.6 Å². The number of nitrogens with two attached hydrogens (primary N) is 1. The third-order valence-electron chi connectivity index (χ3n) is 1.43. The minimum Gasteiger partial charge on any atom is -0.248 e. The van der Waals surface area contributed by atoms with Crippen molar-refractivity contribution in [2.75, 3.05) is 6.26 Å². The maximum atomic E-state index is 13.1. The number of halogens is 2. The molecule has 0 spiro atoms. The Hall–Kier alpha value is -0.540. The molecule has 2 N–H and O–H groups in total. The van der Waals surface area contributed by atoms with Crippen LogP contribution in [0.15, 0.2) is 18.2 Å². The Morgan fingerprint density at radius 2 is 2.25 bits per heavy atom. The lowest BCUT2D eigenvalue weighted by molar-refractivity contribution is -0.107. The number of benzene rings is 1. The summed E-state index contributed by atoms with van der Waals surface area (Å²) in [6.07, 6.45) is 1.78. The van der Waals surface area contributed by atoms with Gasteiger partial charge in [-0.1, -0.05) is 29.4 Å². The second-order valence-electron chi connectivity index (χ2n) is 2.17. The molecule has 0 aliphatic rings. The Labute approximate surface area is 79.4 Å². The highest BCUT2D eigenvalue weighted by Gasteiger charge is 2.15. The number of hydrogen-bond donors (Lipinski definition) is 1. The fourth-order valence-electron chi connectivity index (χ4n) is 0.835. The van der Waals surface area contributed by atoms with Crippen LogP contribution in [0.1, 0.15) is 5.56 Å². The molecule has 0 aliphatic carbocycles. The highest BCUT2D eigenvalue weighted by atomic mass is 35.5. The van der Waals surface area contributed by atoms with E-state index in [9.17, 15) is 4.39 Å². The van der Waals surface area contributed by atoms with Crippen molar-refractivity contribution in [3.63, 3.8) is 0 Å². The van der Waals surface area contributed by atoms with Gasteiger partial charge in [0.15, 0.2) is 0 Å². The summed E-state index contributed by atoms with van der Waals surface area (Å²) in [6.45, 7) is 0. The van der Waals surface area contributed by atoms with Crippen LogP contribution in [0.4, 0.5) is 4.39 Å². The number of rotatable bonds is 1. The van der Waals surface area contributed by atoms with Gasteiger partial charge in [-0.2, -0.15) is 0 Å². The van der Waals surface area contributed by atoms with Crippen molar-refractivity contribution >= 4 is 28.4 Å². The predicted octanol–water partition coefficient (Wildman–Crippen LogP) is 1.35. The smallest absolute Gasteiger partial charge is 0.243 e. The Bertz CT molecular complexity index is 294. The minimum atomic E-state index is -0.380. The van der Waals surface area contributed by atoms with E-state index in [1.165, 1.54) is 17.8 Å². The molecule has 1 rings (SSSR count). The van der Waals surface area contributed by atoms with Crippen LogP contribution in [0.5, 0.6) is 0 Å². The van der Waals surface area contributed by atoms with Crippen LogP contribution in [0.2, 0.25) is 5.02 Å². The zero-order valence-electron chi connectivity index (χ0n) is 6.47. The van der Waals surface area contributed by atoms with Gasteiger partial charge in [-0.25, -0.2) is 9.80 Å². The molecule has 1 aromatic rings. The van der Waals surface area contributed by atoms with Crippen molar-refractivity contribution in [2.24, 2.45) is 0 Å². The van der Waals surface area contributed by atoms with E-state index in [1.807, 2.05) is 0 Å². The fraction of sp³-hybridized carbons (Fsp3) is 0.125. The van der Waals surface area contributed by atoms with Crippen molar-refractivity contribution in [3.05, 3.63) is 34.6 Å². The van der Waals surface area contributed by atoms with Gasteiger partial charge in [-0.05, 0) is 18.4 Å². The topological polar surface area (TPSA) is 25.6 Å². The molecule has 0 saturated heterocycles. The van der Waals surface area contributed by atoms with E-state index < -0.39 is 0 Å². The first kappa shape index (κ1) is 9.55. The summed E-state index contributed by atoms with van der Waals surface area (Å²) < 4.78 is 13.1. The predicted molar refractivity (Wildman–Crippen MR) is 51.0 cm³/mol. The molecule has 0 saturated carbocycles. The lowest BCUT2D eigenvalue weighted by atomic mass is 10.2. The zero-order chi connectivity index (χ0) is 9.14. The van der Waals surface area contributed by atoms with Crippen LogP contribution in [-0.2, 0) is 0 Å². The highest BCUT2D eigenvalue weighted by Crippen LogP contribution is 2.21. The number of thioether (sulfide) groups is 1. The maximum absolute atomic E-state index is 13.1. The largest absolute Gasteiger partial charge is 0.248 e. The van der Waals surface area contributed by atoms with E-state index in [4.69, 9.17) is 17.0 Å². The lowest BCUT2D eigenvalue weighted by Gasteiger charge is -1.99. The summed E-state index contributed by atoms with van der Waals surface area (Å²) in [5.41, 5.74) is 0.298. The van der Waals surface area contributed by atoms with Crippen molar-refractivity contribution in [3.8, 4) is 0 Å². The molecule has 12 heavy (non-hydrogen) atoms. The van der Waals surface area contributed by atoms with Gasteiger partial charge in [0.2, 0.25) is 5.04 Å². The minimum absolute atomic E-state index is 0.298. The highest BCUT2D eigenvalue weighted by molar-refractivity contribution is 8.13. The molecule has 4 heteroatoms. The van der Waals surface area contributed by atoms with Gasteiger partial charge in [-0.15, -0.1) is 0 Å². The molecule has 0 radical (unpaired) electrons. The van der Waals surface area contributed by atoms with E-state index in [-0.39, 0.29) is 5.82 Å². The van der Waals surface area contributed by atoms with Crippen LogP contribution >= 0.6 is 23.4 Å². The SMILES string of the molecule is CSC(=[NH2+])c1c(F)cccc1Cl. The molecule has 64 valence electrons. The molecule has 1 aromatic carbocycles.